The molecule has 4 heteroatoms. The first kappa shape index (κ1) is 16.7. The van der Waals surface area contributed by atoms with Crippen LogP contribution in [0.4, 0.5) is 5.69 Å². The van der Waals surface area contributed by atoms with Crippen molar-refractivity contribution in [1.29, 1.82) is 0 Å². The SMILES string of the molecule is CC(=O)c1ccc(N2CC[NH+](C[C@@H](O)c3ccccc3)CC2)cc1. The number of benzene rings is 2. The molecule has 0 saturated carbocycles. The van der Waals surface area contributed by atoms with E-state index in [2.05, 4.69) is 4.90 Å². The molecule has 0 aliphatic carbocycles. The van der Waals surface area contributed by atoms with Crippen LogP contribution in [0.5, 0.6) is 0 Å². The van der Waals surface area contributed by atoms with Gasteiger partial charge in [-0.25, -0.2) is 0 Å². The van der Waals surface area contributed by atoms with Crippen molar-refractivity contribution in [2.24, 2.45) is 0 Å². The van der Waals surface area contributed by atoms with Gasteiger partial charge in [0.05, 0.1) is 26.2 Å². The van der Waals surface area contributed by atoms with Crippen LogP contribution in [0.15, 0.2) is 54.6 Å². The van der Waals surface area contributed by atoms with Crippen molar-refractivity contribution in [1.82, 2.24) is 0 Å². The summed E-state index contributed by atoms with van der Waals surface area (Å²) < 4.78 is 0. The van der Waals surface area contributed by atoms with Gasteiger partial charge in [-0.15, -0.1) is 0 Å². The maximum Gasteiger partial charge on any atom is 0.159 e. The first-order chi connectivity index (χ1) is 11.6. The van der Waals surface area contributed by atoms with Crippen molar-refractivity contribution < 1.29 is 14.8 Å². The number of carbonyl (C=O) groups excluding carboxylic acids is 1. The molecule has 1 heterocycles. The number of piperazine rings is 1. The van der Waals surface area contributed by atoms with E-state index in [1.807, 2.05) is 54.6 Å². The second-order valence-electron chi connectivity index (χ2n) is 6.47. The molecular weight excluding hydrogens is 300 g/mol. The molecule has 3 rings (SSSR count). The summed E-state index contributed by atoms with van der Waals surface area (Å²) in [5, 5.41) is 10.4. The van der Waals surface area contributed by atoms with Crippen LogP contribution < -0.4 is 9.80 Å². The Morgan fingerprint density at radius 1 is 1.08 bits per heavy atom. The number of anilines is 1. The molecule has 2 N–H and O–H groups in total. The molecule has 1 aliphatic heterocycles. The third-order valence-corrected chi connectivity index (χ3v) is 4.78. The Hall–Kier alpha value is -2.17. The number of aliphatic hydroxyl groups is 1. The lowest BCUT2D eigenvalue weighted by Gasteiger charge is -2.34. The van der Waals surface area contributed by atoms with E-state index >= 15 is 0 Å². The number of Topliss-reactive ketones (excluding diaryl/α,β-unsaturated/α-hetero) is 1. The number of nitrogens with one attached hydrogen (secondary N) is 1. The second kappa shape index (κ2) is 7.60. The van der Waals surface area contributed by atoms with Gasteiger partial charge in [0.2, 0.25) is 0 Å². The maximum absolute atomic E-state index is 11.4. The maximum atomic E-state index is 11.4. The number of aliphatic hydroxyl groups excluding tert-OH is 1. The highest BCUT2D eigenvalue weighted by atomic mass is 16.3. The van der Waals surface area contributed by atoms with E-state index in [0.717, 1.165) is 43.9 Å². The Bertz CT molecular complexity index is 662. The summed E-state index contributed by atoms with van der Waals surface area (Å²) in [5.74, 6) is 0.103. The summed E-state index contributed by atoms with van der Waals surface area (Å²) in [6.07, 6.45) is -0.400. The van der Waals surface area contributed by atoms with E-state index in [0.29, 0.717) is 0 Å². The van der Waals surface area contributed by atoms with E-state index in [1.165, 1.54) is 10.6 Å². The predicted octanol–water partition coefficient (Wildman–Crippen LogP) is 1.33. The summed E-state index contributed by atoms with van der Waals surface area (Å²) >= 11 is 0. The average molecular weight is 325 g/mol. The van der Waals surface area contributed by atoms with E-state index in [-0.39, 0.29) is 5.78 Å². The van der Waals surface area contributed by atoms with Gasteiger partial charge in [0, 0.05) is 11.3 Å². The quantitative estimate of drug-likeness (QED) is 0.815. The lowest BCUT2D eigenvalue weighted by Crippen LogP contribution is -3.15. The Labute approximate surface area is 143 Å². The minimum absolute atomic E-state index is 0.103. The van der Waals surface area contributed by atoms with Gasteiger partial charge in [-0.1, -0.05) is 30.3 Å². The molecule has 0 unspecified atom stereocenters. The molecule has 1 atom stereocenters. The van der Waals surface area contributed by atoms with Crippen molar-refractivity contribution >= 4 is 11.5 Å². The molecule has 2 aromatic rings. The number of quaternary nitrogens is 1. The van der Waals surface area contributed by atoms with Gasteiger partial charge in [0.1, 0.15) is 12.6 Å². The van der Waals surface area contributed by atoms with Crippen molar-refractivity contribution in [2.75, 3.05) is 37.6 Å². The van der Waals surface area contributed by atoms with Crippen molar-refractivity contribution in [3.63, 3.8) is 0 Å². The third-order valence-electron chi connectivity index (χ3n) is 4.78. The van der Waals surface area contributed by atoms with Gasteiger partial charge < -0.3 is 14.9 Å². The predicted molar refractivity (Wildman–Crippen MR) is 95.6 cm³/mol. The highest BCUT2D eigenvalue weighted by molar-refractivity contribution is 5.94. The summed E-state index contributed by atoms with van der Waals surface area (Å²) in [4.78, 5) is 15.1. The smallest absolute Gasteiger partial charge is 0.159 e. The topological polar surface area (TPSA) is 45.0 Å². The minimum atomic E-state index is -0.400. The molecule has 0 bridgehead atoms. The van der Waals surface area contributed by atoms with Crippen molar-refractivity contribution in [2.45, 2.75) is 13.0 Å². The zero-order valence-electron chi connectivity index (χ0n) is 14.1. The van der Waals surface area contributed by atoms with Crippen molar-refractivity contribution in [3.05, 3.63) is 65.7 Å². The summed E-state index contributed by atoms with van der Waals surface area (Å²) in [6.45, 7) is 6.31. The number of carbonyl (C=O) groups is 1. The molecular formula is C20H25N2O2+. The summed E-state index contributed by atoms with van der Waals surface area (Å²) in [6, 6.07) is 17.7. The first-order valence-electron chi connectivity index (χ1n) is 8.56. The van der Waals surface area contributed by atoms with Crippen LogP contribution in [-0.2, 0) is 0 Å². The van der Waals surface area contributed by atoms with Gasteiger partial charge in [0.15, 0.2) is 5.78 Å². The highest BCUT2D eigenvalue weighted by Crippen LogP contribution is 2.16. The molecule has 1 aliphatic rings. The van der Waals surface area contributed by atoms with Crippen LogP contribution in [-0.4, -0.2) is 43.6 Å². The van der Waals surface area contributed by atoms with Gasteiger partial charge >= 0.3 is 0 Å². The molecule has 0 aromatic heterocycles. The molecule has 4 nitrogen and oxygen atoms in total. The fourth-order valence-corrected chi connectivity index (χ4v) is 3.26. The minimum Gasteiger partial charge on any atom is -0.382 e. The summed E-state index contributed by atoms with van der Waals surface area (Å²) in [5.41, 5.74) is 2.92. The Balaban J connectivity index is 1.53. The normalized spacial score (nSPS) is 16.8. The van der Waals surface area contributed by atoms with Crippen LogP contribution in [0.3, 0.4) is 0 Å². The lowest BCUT2D eigenvalue weighted by molar-refractivity contribution is -0.904. The Morgan fingerprint density at radius 2 is 1.71 bits per heavy atom. The van der Waals surface area contributed by atoms with Crippen LogP contribution in [0.25, 0.3) is 0 Å². The fourth-order valence-electron chi connectivity index (χ4n) is 3.26. The molecule has 0 radical (unpaired) electrons. The van der Waals surface area contributed by atoms with Crippen LogP contribution in [0.1, 0.15) is 28.9 Å². The molecule has 2 aromatic carbocycles. The zero-order chi connectivity index (χ0) is 16.9. The first-order valence-corrected chi connectivity index (χ1v) is 8.56. The number of ketones is 1. The molecule has 1 fully saturated rings. The Kier molecular flexibility index (Phi) is 5.28. The monoisotopic (exact) mass is 325 g/mol. The van der Waals surface area contributed by atoms with Gasteiger partial charge in [-0.05, 0) is 36.8 Å². The largest absolute Gasteiger partial charge is 0.382 e. The van der Waals surface area contributed by atoms with Crippen LogP contribution >= 0.6 is 0 Å². The van der Waals surface area contributed by atoms with Crippen LogP contribution in [0, 0.1) is 0 Å². The molecule has 0 spiro atoms. The second-order valence-corrected chi connectivity index (χ2v) is 6.47. The van der Waals surface area contributed by atoms with E-state index in [9.17, 15) is 9.90 Å². The summed E-state index contributed by atoms with van der Waals surface area (Å²) in [7, 11) is 0. The third kappa shape index (κ3) is 4.02. The number of nitrogens with zero attached hydrogens (tertiary/aromatic N) is 1. The average Bonchev–Trinajstić information content (AvgIpc) is 2.63. The molecule has 126 valence electrons. The molecule has 1 saturated heterocycles. The number of hydrogen-bond donors (Lipinski definition) is 2. The standard InChI is InChI=1S/C20H24N2O2/c1-16(23)17-7-9-19(10-8-17)22-13-11-21(12-14-22)15-20(24)18-5-3-2-4-6-18/h2-10,20,24H,11-15H2,1H3/p+1/t20-/m1/s1. The fraction of sp³-hybridized carbons (Fsp3) is 0.350. The van der Waals surface area contributed by atoms with E-state index in [4.69, 9.17) is 0 Å². The zero-order valence-corrected chi connectivity index (χ0v) is 14.1. The molecule has 24 heavy (non-hydrogen) atoms. The van der Waals surface area contributed by atoms with Crippen LogP contribution in [0.2, 0.25) is 0 Å². The van der Waals surface area contributed by atoms with Gasteiger partial charge in [-0.3, -0.25) is 4.79 Å². The van der Waals surface area contributed by atoms with Gasteiger partial charge in [0.25, 0.3) is 0 Å². The van der Waals surface area contributed by atoms with Gasteiger partial charge in [-0.2, -0.15) is 0 Å². The van der Waals surface area contributed by atoms with E-state index < -0.39 is 6.10 Å². The van der Waals surface area contributed by atoms with Crippen molar-refractivity contribution in [3.8, 4) is 0 Å². The molecule has 0 amide bonds. The van der Waals surface area contributed by atoms with E-state index in [1.54, 1.807) is 6.92 Å². The lowest BCUT2D eigenvalue weighted by atomic mass is 10.1. The number of hydrogen-bond acceptors (Lipinski definition) is 3. The highest BCUT2D eigenvalue weighted by Gasteiger charge is 2.23. The number of rotatable bonds is 5. The Morgan fingerprint density at radius 3 is 2.29 bits per heavy atom.